The van der Waals surface area contributed by atoms with Gasteiger partial charge in [0.2, 0.25) is 17.7 Å². The molecule has 6 amide bonds. The maximum absolute atomic E-state index is 14.5. The number of esters is 1. The van der Waals surface area contributed by atoms with Crippen LogP contribution in [0.25, 0.3) is 33.4 Å². The van der Waals surface area contributed by atoms with E-state index in [4.69, 9.17) is 13.9 Å². The summed E-state index contributed by atoms with van der Waals surface area (Å²) in [5.74, 6) is -3.86. The zero-order valence-electron chi connectivity index (χ0n) is 48.6. The number of aromatic nitrogens is 2. The fraction of sp³-hybridized carbons (Fsp3) is 0.312. The van der Waals surface area contributed by atoms with Gasteiger partial charge in [0, 0.05) is 84.2 Å². The van der Waals surface area contributed by atoms with Gasteiger partial charge in [-0.2, -0.15) is 0 Å². The molecule has 0 radical (unpaired) electrons. The van der Waals surface area contributed by atoms with Crippen molar-refractivity contribution in [2.24, 2.45) is 5.92 Å². The van der Waals surface area contributed by atoms with Gasteiger partial charge in [0.25, 0.3) is 0 Å². The first-order chi connectivity index (χ1) is 41.8. The Morgan fingerprint density at radius 2 is 1.51 bits per heavy atom. The molecule has 1 aliphatic heterocycles. The third-order valence-electron chi connectivity index (χ3n) is 14.1. The zero-order chi connectivity index (χ0) is 62.1. The molecule has 454 valence electrons. The first kappa shape index (κ1) is 63.5. The van der Waals surface area contributed by atoms with Crippen LogP contribution in [-0.4, -0.2) is 105 Å². The molecule has 0 spiro atoms. The average molecular weight is 1220 g/mol. The standard InChI is InChI=1S/C64H68N8O13S2/c1-37(2)59(71-63(81)72(5)33-43-35-86-61(69-43)38(3)4)60(78)68-42(25-39-13-8-6-9-14-39)28-54(51(26-40-15-10-7-11-16-40)70-64(82)83-34-46-31-65-36-87-46)85-57(77)18-12-17-55(75)66-32-56(76)67-41-19-22-47(50(27-41)62(79)80)58-48-23-20-44(73)29-52(48)84-53-30-45(74)21-24-49(53)58/h6-11,13-16,19-24,27,29-31,35-38,42,51,54,59,73H,12,17-18,25-26,28,32-34H2,1-5H3,(H,66,75)(H,67,76)(H,68,78)(H,70,82)(H,71,81)(H,79,80)/t42-,51+,54+,59-/m0/s1. The molecule has 8 rings (SSSR count). The highest BCUT2D eigenvalue weighted by Crippen LogP contribution is 2.42. The van der Waals surface area contributed by atoms with E-state index < -0.39 is 72.6 Å². The van der Waals surface area contributed by atoms with E-state index in [0.29, 0.717) is 21.4 Å². The molecule has 6 aromatic rings. The lowest BCUT2D eigenvalue weighted by molar-refractivity contribution is -0.151. The van der Waals surface area contributed by atoms with Crippen LogP contribution in [0.4, 0.5) is 15.3 Å². The number of carbonyl (C=O) groups is 7. The maximum Gasteiger partial charge on any atom is 0.407 e. The predicted molar refractivity (Wildman–Crippen MR) is 329 cm³/mol. The van der Waals surface area contributed by atoms with Crippen LogP contribution in [0.3, 0.4) is 0 Å². The summed E-state index contributed by atoms with van der Waals surface area (Å²) in [6, 6.07) is 28.1. The number of alkyl carbamates (subject to hydrolysis) is 1. The summed E-state index contributed by atoms with van der Waals surface area (Å²) >= 11 is 2.83. The van der Waals surface area contributed by atoms with Crippen LogP contribution >= 0.6 is 22.7 Å². The Morgan fingerprint density at radius 1 is 0.782 bits per heavy atom. The lowest BCUT2D eigenvalue weighted by Gasteiger charge is -2.32. The number of anilines is 1. The van der Waals surface area contributed by atoms with Crippen molar-refractivity contribution >= 4 is 81.1 Å². The molecule has 2 aromatic heterocycles. The number of urea groups is 1. The Balaban J connectivity index is 0.953. The molecular weight excluding hydrogens is 1150 g/mol. The number of hydrogen-bond acceptors (Lipinski definition) is 16. The topological polar surface area (TPSA) is 298 Å². The molecule has 0 saturated carbocycles. The Hall–Kier alpha value is -9.48. The second-order valence-electron chi connectivity index (χ2n) is 21.6. The monoisotopic (exact) mass is 1220 g/mol. The molecule has 7 N–H and O–H groups in total. The number of rotatable bonds is 27. The lowest BCUT2D eigenvalue weighted by atomic mass is 9.90. The number of hydrogen-bond donors (Lipinski definition) is 7. The number of phenols is 1. The van der Waals surface area contributed by atoms with Crippen molar-refractivity contribution in [2.45, 2.75) is 110 Å². The number of phenolic OH excluding ortho intramolecular Hbond substituents is 1. The number of amides is 6. The van der Waals surface area contributed by atoms with Crippen LogP contribution in [0.15, 0.2) is 142 Å². The molecular formula is C64H68N8O13S2. The number of benzene rings is 5. The van der Waals surface area contributed by atoms with Crippen molar-refractivity contribution < 1.29 is 57.7 Å². The minimum atomic E-state index is -1.32. The van der Waals surface area contributed by atoms with Crippen LogP contribution in [0.1, 0.15) is 96.4 Å². The van der Waals surface area contributed by atoms with Gasteiger partial charge in [0.1, 0.15) is 35.8 Å². The largest absolute Gasteiger partial charge is 0.508 e. The molecule has 0 fully saturated rings. The number of carbonyl (C=O) groups excluding carboxylic acids is 6. The smallest absolute Gasteiger partial charge is 0.407 e. The van der Waals surface area contributed by atoms with E-state index in [2.05, 4.69) is 36.6 Å². The van der Waals surface area contributed by atoms with E-state index in [-0.39, 0.29) is 103 Å². The second-order valence-corrected chi connectivity index (χ2v) is 23.4. The SMILES string of the molecule is CC(C)c1nc(CN(C)C(=O)N[C@H](C(=O)N[C@@H](Cc2ccccc2)C[C@@H](OC(=O)CCCC(=O)NCC(=O)Nc2ccc(-c3c4ccc(=O)cc-4oc4cc(O)ccc34)c(C(=O)O)c2)[C@@H](Cc2ccccc2)NC(=O)OCc2cncs2)C(C)C)cs1. The fourth-order valence-corrected chi connectivity index (χ4v) is 11.1. The Bertz CT molecular complexity index is 3730. The number of thiazole rings is 2. The molecule has 4 aromatic carbocycles. The van der Waals surface area contributed by atoms with E-state index in [9.17, 15) is 48.6 Å². The van der Waals surface area contributed by atoms with Gasteiger partial charge in [0.05, 0.1) is 45.8 Å². The van der Waals surface area contributed by atoms with Gasteiger partial charge >= 0.3 is 24.1 Å². The Kier molecular flexibility index (Phi) is 21.9. The maximum atomic E-state index is 14.5. The molecule has 21 nitrogen and oxygen atoms in total. The molecule has 0 unspecified atom stereocenters. The van der Waals surface area contributed by atoms with Gasteiger partial charge in [-0.25, -0.2) is 19.4 Å². The molecule has 87 heavy (non-hydrogen) atoms. The van der Waals surface area contributed by atoms with Crippen molar-refractivity contribution in [1.29, 1.82) is 0 Å². The highest BCUT2D eigenvalue weighted by atomic mass is 32.1. The Morgan fingerprint density at radius 3 is 2.18 bits per heavy atom. The van der Waals surface area contributed by atoms with Gasteiger partial charge in [0.15, 0.2) is 5.43 Å². The number of ether oxygens (including phenoxy) is 2. The number of fused-ring (bicyclic) bond motifs is 2. The summed E-state index contributed by atoms with van der Waals surface area (Å²) in [7, 11) is 1.63. The van der Waals surface area contributed by atoms with E-state index in [0.717, 1.165) is 21.8 Å². The molecule has 0 bridgehead atoms. The van der Waals surface area contributed by atoms with Gasteiger partial charge in [-0.15, -0.1) is 22.7 Å². The number of carboxylic acids is 1. The van der Waals surface area contributed by atoms with Gasteiger partial charge in [-0.05, 0) is 78.3 Å². The van der Waals surface area contributed by atoms with Crippen molar-refractivity contribution in [3.63, 3.8) is 0 Å². The molecule has 4 atom stereocenters. The van der Waals surface area contributed by atoms with Crippen LogP contribution in [0.2, 0.25) is 0 Å². The summed E-state index contributed by atoms with van der Waals surface area (Å²) in [5.41, 5.74) is 4.84. The first-order valence-corrected chi connectivity index (χ1v) is 30.0. The van der Waals surface area contributed by atoms with Crippen LogP contribution < -0.4 is 32.0 Å². The van der Waals surface area contributed by atoms with Crippen molar-refractivity contribution in [3.8, 4) is 28.2 Å². The van der Waals surface area contributed by atoms with Crippen LogP contribution in [0.5, 0.6) is 5.75 Å². The predicted octanol–water partition coefficient (Wildman–Crippen LogP) is 9.66. The van der Waals surface area contributed by atoms with Crippen LogP contribution in [-0.2, 0) is 54.6 Å². The highest BCUT2D eigenvalue weighted by molar-refractivity contribution is 7.09. The number of aromatic carboxylic acids is 1. The van der Waals surface area contributed by atoms with E-state index in [1.54, 1.807) is 24.8 Å². The Labute approximate surface area is 509 Å². The normalized spacial score (nSPS) is 12.6. The summed E-state index contributed by atoms with van der Waals surface area (Å²) in [4.78, 5) is 118. The van der Waals surface area contributed by atoms with E-state index in [1.807, 2.05) is 93.7 Å². The molecule has 2 aliphatic rings. The number of nitrogens with one attached hydrogen (secondary N) is 5. The third-order valence-corrected chi connectivity index (χ3v) is 16.0. The molecule has 0 saturated heterocycles. The van der Waals surface area contributed by atoms with Crippen molar-refractivity contribution in [3.05, 3.63) is 175 Å². The van der Waals surface area contributed by atoms with Gasteiger partial charge in [-0.3, -0.25) is 29.0 Å². The summed E-state index contributed by atoms with van der Waals surface area (Å²) in [6.07, 6.45) is -0.434. The first-order valence-electron chi connectivity index (χ1n) is 28.2. The van der Waals surface area contributed by atoms with Crippen molar-refractivity contribution in [2.75, 3.05) is 18.9 Å². The van der Waals surface area contributed by atoms with Crippen molar-refractivity contribution in [1.82, 2.24) is 36.1 Å². The third kappa shape index (κ3) is 18.0. The number of carboxylic acid groups (broad SMARTS) is 1. The number of nitrogens with zero attached hydrogens (tertiary/aromatic N) is 3. The van der Waals surface area contributed by atoms with E-state index >= 15 is 0 Å². The van der Waals surface area contributed by atoms with Crippen LogP contribution in [0, 0.1) is 5.92 Å². The highest BCUT2D eigenvalue weighted by Gasteiger charge is 2.34. The quantitative estimate of drug-likeness (QED) is 0.0186. The average Bonchev–Trinajstić information content (AvgIpc) is 1.35. The molecule has 3 heterocycles. The molecule has 1 aliphatic carbocycles. The minimum absolute atomic E-state index is 0.0161. The number of aromatic hydroxyl groups is 1. The fourth-order valence-electron chi connectivity index (χ4n) is 9.76. The lowest BCUT2D eigenvalue weighted by Crippen LogP contribution is -2.56. The van der Waals surface area contributed by atoms with Gasteiger partial charge in [-0.1, -0.05) is 94.4 Å². The molecule has 23 heteroatoms. The van der Waals surface area contributed by atoms with Gasteiger partial charge < -0.3 is 55.6 Å². The summed E-state index contributed by atoms with van der Waals surface area (Å²) in [6.45, 7) is 7.37. The zero-order valence-corrected chi connectivity index (χ0v) is 50.2. The summed E-state index contributed by atoms with van der Waals surface area (Å²) < 4.78 is 17.8. The minimum Gasteiger partial charge on any atom is -0.508 e. The summed E-state index contributed by atoms with van der Waals surface area (Å²) in [5, 5.41) is 38.1. The van der Waals surface area contributed by atoms with E-state index in [1.165, 1.54) is 76.1 Å². The second kappa shape index (κ2) is 30.0.